The van der Waals surface area contributed by atoms with Crippen LogP contribution in [0.1, 0.15) is 25.7 Å². The molecule has 1 aliphatic rings. The summed E-state index contributed by atoms with van der Waals surface area (Å²) in [6.45, 7) is -4.63. The molecule has 0 aromatic heterocycles. The molecular weight excluding hydrogens is 168 g/mol. The zero-order valence-corrected chi connectivity index (χ0v) is 6.85. The van der Waals surface area contributed by atoms with E-state index in [0.29, 0.717) is 25.7 Å². The highest BCUT2D eigenvalue weighted by atomic mass is 19.4. The van der Waals surface area contributed by atoms with Gasteiger partial charge in [-0.15, -0.1) is 0 Å². The summed E-state index contributed by atoms with van der Waals surface area (Å²) in [7, 11) is 0. The third-order valence-electron chi connectivity index (χ3n) is 2.42. The van der Waals surface area contributed by atoms with E-state index < -0.39 is 13.3 Å². The molecule has 1 aliphatic carbocycles. The Kier molecular flexibility index (Phi) is 3.04. The van der Waals surface area contributed by atoms with Crippen molar-refractivity contribution < 1.29 is 18.1 Å². The van der Waals surface area contributed by atoms with Crippen molar-refractivity contribution in [2.75, 3.05) is 0 Å². The Bertz CT molecular complexity index is 140. The van der Waals surface area contributed by atoms with Crippen molar-refractivity contribution in [1.29, 1.82) is 0 Å². The van der Waals surface area contributed by atoms with Gasteiger partial charge in [0, 0.05) is 0 Å². The van der Waals surface area contributed by atoms with Crippen molar-refractivity contribution in [2.24, 2.45) is 5.92 Å². The van der Waals surface area contributed by atoms with Crippen LogP contribution in [-0.2, 0) is 0 Å². The first-order valence-corrected chi connectivity index (χ1v) is 4.36. The lowest BCUT2D eigenvalue weighted by Crippen LogP contribution is -2.25. The largest absolute Gasteiger partial charge is 0.478 e. The molecule has 0 spiro atoms. The van der Waals surface area contributed by atoms with Gasteiger partial charge >= 0.3 is 6.98 Å². The van der Waals surface area contributed by atoms with Crippen LogP contribution in [0.3, 0.4) is 0 Å². The number of hydrogen-bond acceptors (Lipinski definition) is 1. The molecule has 72 valence electrons. The molecule has 0 aliphatic heterocycles. The van der Waals surface area contributed by atoms with Crippen LogP contribution in [-0.4, -0.2) is 18.2 Å². The van der Waals surface area contributed by atoms with Gasteiger partial charge in [0.25, 0.3) is 0 Å². The van der Waals surface area contributed by atoms with Crippen LogP contribution < -0.4 is 0 Å². The van der Waals surface area contributed by atoms with Gasteiger partial charge in [-0.25, -0.2) is 0 Å². The molecule has 1 nitrogen and oxygen atoms in total. The molecule has 0 heterocycles. The molecule has 5 heteroatoms. The quantitative estimate of drug-likeness (QED) is 0.648. The van der Waals surface area contributed by atoms with Crippen LogP contribution in [0, 0.1) is 5.92 Å². The van der Waals surface area contributed by atoms with Gasteiger partial charge in [-0.2, -0.15) is 0 Å². The number of aliphatic hydroxyl groups is 1. The summed E-state index contributed by atoms with van der Waals surface area (Å²) in [5.41, 5.74) is 0. The predicted octanol–water partition coefficient (Wildman–Crippen LogP) is 2.38. The topological polar surface area (TPSA) is 20.2 Å². The standard InChI is InChI=1S/C7H13BF3O/c9-8(10,11)5-6-1-3-7(12)4-2-6/h6-7,12H,1-5H2/q-1. The zero-order chi connectivity index (χ0) is 9.19. The third kappa shape index (κ3) is 3.47. The highest BCUT2D eigenvalue weighted by Gasteiger charge is 2.29. The molecule has 1 saturated carbocycles. The Hall–Kier alpha value is -0.185. The Balaban J connectivity index is 2.26. The van der Waals surface area contributed by atoms with Crippen molar-refractivity contribution in [1.82, 2.24) is 0 Å². The van der Waals surface area contributed by atoms with E-state index in [9.17, 15) is 12.9 Å². The molecule has 1 N–H and O–H groups in total. The Labute approximate surface area is 70.0 Å². The molecule has 1 rings (SSSR count). The molecule has 0 saturated heterocycles. The second kappa shape index (κ2) is 3.68. The van der Waals surface area contributed by atoms with Gasteiger partial charge in [0.15, 0.2) is 0 Å². The summed E-state index contributed by atoms with van der Waals surface area (Å²) in [4.78, 5) is 0. The summed E-state index contributed by atoms with van der Waals surface area (Å²) >= 11 is 0. The number of hydrogen-bond donors (Lipinski definition) is 1. The minimum absolute atomic E-state index is 0.228. The maximum atomic E-state index is 11.9. The minimum atomic E-state index is -4.63. The van der Waals surface area contributed by atoms with Crippen molar-refractivity contribution in [3.63, 3.8) is 0 Å². The molecule has 0 atom stereocenters. The second-order valence-electron chi connectivity index (χ2n) is 3.62. The van der Waals surface area contributed by atoms with E-state index in [1.807, 2.05) is 0 Å². The van der Waals surface area contributed by atoms with E-state index in [4.69, 9.17) is 5.11 Å². The Morgan fingerprint density at radius 3 is 2.00 bits per heavy atom. The van der Waals surface area contributed by atoms with E-state index in [0.717, 1.165) is 0 Å². The van der Waals surface area contributed by atoms with Gasteiger partial charge in [-0.3, -0.25) is 0 Å². The smallest absolute Gasteiger partial charge is 0.449 e. The molecule has 0 aromatic rings. The maximum absolute atomic E-state index is 11.9. The average Bonchev–Trinajstić information content (AvgIpc) is 1.91. The number of halogens is 3. The fourth-order valence-corrected chi connectivity index (χ4v) is 1.76. The number of aliphatic hydroxyl groups excluding tert-OH is 1. The van der Waals surface area contributed by atoms with Crippen LogP contribution in [0.4, 0.5) is 12.9 Å². The van der Waals surface area contributed by atoms with Gasteiger partial charge in [0.2, 0.25) is 0 Å². The third-order valence-corrected chi connectivity index (χ3v) is 2.42. The summed E-state index contributed by atoms with van der Waals surface area (Å²) in [6.07, 6.45) is 1.16. The van der Waals surface area contributed by atoms with Gasteiger partial charge in [-0.1, -0.05) is 25.1 Å². The molecule has 0 aromatic carbocycles. The Morgan fingerprint density at radius 1 is 1.08 bits per heavy atom. The van der Waals surface area contributed by atoms with E-state index in [1.54, 1.807) is 0 Å². The molecule has 12 heavy (non-hydrogen) atoms. The van der Waals surface area contributed by atoms with Gasteiger partial charge < -0.3 is 18.1 Å². The first-order chi connectivity index (χ1) is 5.47. The van der Waals surface area contributed by atoms with Crippen LogP contribution in [0.15, 0.2) is 0 Å². The van der Waals surface area contributed by atoms with Crippen molar-refractivity contribution in [3.05, 3.63) is 0 Å². The normalized spacial score (nSPS) is 32.0. The fourth-order valence-electron chi connectivity index (χ4n) is 1.76. The monoisotopic (exact) mass is 181 g/mol. The fraction of sp³-hybridized carbons (Fsp3) is 1.00. The predicted molar refractivity (Wildman–Crippen MR) is 41.8 cm³/mol. The zero-order valence-electron chi connectivity index (χ0n) is 6.85. The van der Waals surface area contributed by atoms with E-state index in [-0.39, 0.29) is 12.0 Å². The van der Waals surface area contributed by atoms with Gasteiger partial charge in [0.1, 0.15) is 0 Å². The van der Waals surface area contributed by atoms with Crippen molar-refractivity contribution in [2.45, 2.75) is 38.1 Å². The van der Waals surface area contributed by atoms with Gasteiger partial charge in [0.05, 0.1) is 6.10 Å². The highest BCUT2D eigenvalue weighted by molar-refractivity contribution is 6.58. The first kappa shape index (κ1) is 9.90. The highest BCUT2D eigenvalue weighted by Crippen LogP contribution is 2.32. The molecule has 0 amide bonds. The summed E-state index contributed by atoms with van der Waals surface area (Å²) in [5.74, 6) is -0.228. The molecular formula is C7H13BF3O-. The van der Waals surface area contributed by atoms with E-state index in [1.165, 1.54) is 0 Å². The van der Waals surface area contributed by atoms with E-state index in [2.05, 4.69) is 0 Å². The number of rotatable bonds is 2. The maximum Gasteiger partial charge on any atom is 0.478 e. The lowest BCUT2D eigenvalue weighted by atomic mass is 9.72. The summed E-state index contributed by atoms with van der Waals surface area (Å²) < 4.78 is 35.8. The lowest BCUT2D eigenvalue weighted by Gasteiger charge is -2.28. The van der Waals surface area contributed by atoms with Gasteiger partial charge in [-0.05, 0) is 12.8 Å². The first-order valence-electron chi connectivity index (χ1n) is 4.36. The van der Waals surface area contributed by atoms with Crippen LogP contribution >= 0.6 is 0 Å². The lowest BCUT2D eigenvalue weighted by molar-refractivity contribution is 0.110. The SMILES string of the molecule is OC1CCC(C[B-](F)(F)F)CC1. The minimum Gasteiger partial charge on any atom is -0.449 e. The second-order valence-corrected chi connectivity index (χ2v) is 3.62. The summed E-state index contributed by atoms with van der Waals surface area (Å²) in [5, 5.41) is 9.05. The molecule has 0 unspecified atom stereocenters. The van der Waals surface area contributed by atoms with Crippen LogP contribution in [0.2, 0.25) is 6.32 Å². The van der Waals surface area contributed by atoms with Crippen molar-refractivity contribution >= 4 is 6.98 Å². The summed E-state index contributed by atoms with van der Waals surface area (Å²) in [6, 6.07) is 0. The van der Waals surface area contributed by atoms with Crippen molar-refractivity contribution in [3.8, 4) is 0 Å². The van der Waals surface area contributed by atoms with E-state index >= 15 is 0 Å². The molecule has 1 fully saturated rings. The Morgan fingerprint density at radius 2 is 1.58 bits per heavy atom. The average molecular weight is 181 g/mol. The molecule has 0 bridgehead atoms. The van der Waals surface area contributed by atoms with Crippen LogP contribution in [0.5, 0.6) is 0 Å². The molecule has 0 radical (unpaired) electrons. The van der Waals surface area contributed by atoms with Crippen LogP contribution in [0.25, 0.3) is 0 Å².